The molecule has 3 aliphatic heterocycles. The fourth-order valence-electron chi connectivity index (χ4n) is 6.43. The Balaban J connectivity index is 1.18. The number of likely N-dealkylation sites (tertiary alicyclic amines) is 1. The van der Waals surface area contributed by atoms with Gasteiger partial charge in [-0.2, -0.15) is 4.98 Å². The number of para-hydroxylation sites is 1. The lowest BCUT2D eigenvalue weighted by atomic mass is 10.0. The second-order valence-electron chi connectivity index (χ2n) is 11.7. The Hall–Kier alpha value is -4.22. The Kier molecular flexibility index (Phi) is 7.93. The summed E-state index contributed by atoms with van der Waals surface area (Å²) < 4.78 is 5.69. The van der Waals surface area contributed by atoms with Gasteiger partial charge in [0.15, 0.2) is 5.82 Å². The molecule has 2 fully saturated rings. The quantitative estimate of drug-likeness (QED) is 0.481. The Bertz CT molecular complexity index is 1530. The maximum atomic E-state index is 13.4. The van der Waals surface area contributed by atoms with Gasteiger partial charge in [0.1, 0.15) is 11.4 Å². The fourth-order valence-corrected chi connectivity index (χ4v) is 6.43. The van der Waals surface area contributed by atoms with Gasteiger partial charge in [0.2, 0.25) is 5.95 Å². The molecule has 0 atom stereocenters. The van der Waals surface area contributed by atoms with Crippen LogP contribution in [0.15, 0.2) is 42.6 Å². The summed E-state index contributed by atoms with van der Waals surface area (Å²) in [6, 6.07) is 11.7. The molecule has 3 aliphatic rings. The van der Waals surface area contributed by atoms with Crippen molar-refractivity contribution in [3.63, 3.8) is 0 Å². The van der Waals surface area contributed by atoms with Gasteiger partial charge in [-0.3, -0.25) is 14.5 Å². The van der Waals surface area contributed by atoms with Crippen LogP contribution >= 0.6 is 0 Å². The first-order valence-corrected chi connectivity index (χ1v) is 14.9. The highest BCUT2D eigenvalue weighted by molar-refractivity contribution is 6.13. The number of nitrogens with zero attached hydrogens (tertiary/aromatic N) is 7. The van der Waals surface area contributed by atoms with Crippen LogP contribution < -0.4 is 19.9 Å². The molecule has 0 unspecified atom stereocenters. The first kappa shape index (κ1) is 28.9. The topological polar surface area (TPSA) is 97.4 Å². The van der Waals surface area contributed by atoms with E-state index in [1.165, 1.54) is 0 Å². The molecule has 43 heavy (non-hydrogen) atoms. The van der Waals surface area contributed by atoms with E-state index in [9.17, 15) is 9.59 Å². The Labute approximate surface area is 253 Å². The van der Waals surface area contributed by atoms with Crippen LogP contribution in [0.3, 0.4) is 0 Å². The third kappa shape index (κ3) is 5.50. The Morgan fingerprint density at radius 3 is 2.44 bits per heavy atom. The smallest absolute Gasteiger partial charge is 0.260 e. The molecule has 2 amide bonds. The van der Waals surface area contributed by atoms with Crippen molar-refractivity contribution in [2.24, 2.45) is 0 Å². The van der Waals surface area contributed by atoms with Gasteiger partial charge in [-0.1, -0.05) is 12.1 Å². The summed E-state index contributed by atoms with van der Waals surface area (Å²) in [6.45, 7) is 7.92. The van der Waals surface area contributed by atoms with E-state index >= 15 is 0 Å². The summed E-state index contributed by atoms with van der Waals surface area (Å²) in [5.41, 5.74) is 4.25. The van der Waals surface area contributed by atoms with Crippen LogP contribution in [0.25, 0.3) is 0 Å². The average molecular weight is 585 g/mol. The number of aryl methyl sites for hydroxylation is 1. The highest BCUT2D eigenvalue weighted by Crippen LogP contribution is 2.40. The van der Waals surface area contributed by atoms with Crippen LogP contribution in [0.4, 0.5) is 28.8 Å². The summed E-state index contributed by atoms with van der Waals surface area (Å²) in [7, 11) is 7.40. The summed E-state index contributed by atoms with van der Waals surface area (Å²) in [4.78, 5) is 46.4. The minimum absolute atomic E-state index is 0.0197. The van der Waals surface area contributed by atoms with E-state index in [4.69, 9.17) is 9.72 Å². The zero-order valence-corrected chi connectivity index (χ0v) is 25.6. The molecule has 3 aromatic rings. The number of hydrogen-bond acceptors (Lipinski definition) is 9. The first-order chi connectivity index (χ1) is 20.7. The lowest BCUT2D eigenvalue weighted by molar-refractivity contribution is 0.0518. The summed E-state index contributed by atoms with van der Waals surface area (Å²) in [5.74, 6) is 1.39. The van der Waals surface area contributed by atoms with Gasteiger partial charge in [0.25, 0.3) is 11.8 Å². The largest absolute Gasteiger partial charge is 0.495 e. The standard InChI is InChI=1S/C32H40N8O3/c1-21-7-6-8-24-28(21)38(4)29-26(37(3)31(24)42)20-33-32(35-29)34-25-10-9-22(19-27(25)43-5)30(41)40-13-11-23(12-14-40)39-17-15-36(2)16-18-39/h6-10,19-20,23H,11-18H2,1-5H3,(H,33,34,35). The van der Waals surface area contributed by atoms with Crippen molar-refractivity contribution in [1.29, 1.82) is 0 Å². The lowest BCUT2D eigenvalue weighted by Crippen LogP contribution is -2.52. The van der Waals surface area contributed by atoms with Crippen molar-refractivity contribution >= 4 is 40.6 Å². The van der Waals surface area contributed by atoms with Gasteiger partial charge in [-0.15, -0.1) is 0 Å². The summed E-state index contributed by atoms with van der Waals surface area (Å²) >= 11 is 0. The highest BCUT2D eigenvalue weighted by atomic mass is 16.5. The highest BCUT2D eigenvalue weighted by Gasteiger charge is 2.31. The van der Waals surface area contributed by atoms with Gasteiger partial charge in [0, 0.05) is 65.0 Å². The number of methoxy groups -OCH3 is 1. The molecule has 0 radical (unpaired) electrons. The molecule has 0 saturated carbocycles. The molecule has 4 heterocycles. The molecule has 226 valence electrons. The van der Waals surface area contributed by atoms with Crippen LogP contribution in [0, 0.1) is 6.92 Å². The number of aromatic nitrogens is 2. The van der Waals surface area contributed by atoms with Crippen LogP contribution in [-0.4, -0.2) is 110 Å². The molecule has 0 aliphatic carbocycles. The number of nitrogens with one attached hydrogen (secondary N) is 1. The maximum Gasteiger partial charge on any atom is 0.260 e. The molecule has 1 aromatic heterocycles. The van der Waals surface area contributed by atoms with Crippen LogP contribution in [0.1, 0.15) is 39.1 Å². The SMILES string of the molecule is COc1cc(C(=O)N2CCC(N3CCN(C)CC3)CC2)ccc1Nc1ncc2c(n1)N(C)c1c(C)cccc1C(=O)N2C. The third-order valence-corrected chi connectivity index (χ3v) is 9.04. The van der Waals surface area contributed by atoms with Gasteiger partial charge in [-0.25, -0.2) is 4.98 Å². The zero-order chi connectivity index (χ0) is 30.2. The lowest BCUT2D eigenvalue weighted by Gasteiger charge is -2.42. The third-order valence-electron chi connectivity index (χ3n) is 9.04. The number of piperidine rings is 1. The van der Waals surface area contributed by atoms with E-state index in [2.05, 4.69) is 27.1 Å². The molecular weight excluding hydrogens is 544 g/mol. The molecule has 0 spiro atoms. The minimum Gasteiger partial charge on any atom is -0.495 e. The Morgan fingerprint density at radius 2 is 1.72 bits per heavy atom. The number of fused-ring (bicyclic) bond motifs is 2. The minimum atomic E-state index is -0.112. The van der Waals surface area contributed by atoms with Crippen molar-refractivity contribution in [2.45, 2.75) is 25.8 Å². The maximum absolute atomic E-state index is 13.4. The van der Waals surface area contributed by atoms with E-state index < -0.39 is 0 Å². The monoisotopic (exact) mass is 584 g/mol. The number of amides is 2. The van der Waals surface area contributed by atoms with E-state index in [-0.39, 0.29) is 11.8 Å². The first-order valence-electron chi connectivity index (χ1n) is 14.9. The molecule has 0 bridgehead atoms. The molecule has 11 nitrogen and oxygen atoms in total. The van der Waals surface area contributed by atoms with Crippen LogP contribution in [0.5, 0.6) is 5.75 Å². The average Bonchev–Trinajstić information content (AvgIpc) is 3.11. The second-order valence-corrected chi connectivity index (χ2v) is 11.7. The molecule has 11 heteroatoms. The van der Waals surface area contributed by atoms with E-state index in [0.717, 1.165) is 63.4 Å². The zero-order valence-electron chi connectivity index (χ0n) is 25.6. The van der Waals surface area contributed by atoms with Crippen LogP contribution in [0.2, 0.25) is 0 Å². The van der Waals surface area contributed by atoms with Crippen molar-refractivity contribution in [3.8, 4) is 5.75 Å². The van der Waals surface area contributed by atoms with Crippen molar-refractivity contribution in [2.75, 3.05) is 82.6 Å². The van der Waals surface area contributed by atoms with Gasteiger partial charge in [-0.05, 0) is 56.6 Å². The van der Waals surface area contributed by atoms with Crippen LogP contribution in [-0.2, 0) is 0 Å². The van der Waals surface area contributed by atoms with Crippen molar-refractivity contribution in [3.05, 3.63) is 59.3 Å². The van der Waals surface area contributed by atoms with E-state index in [1.807, 2.05) is 54.1 Å². The van der Waals surface area contributed by atoms with Gasteiger partial charge >= 0.3 is 0 Å². The number of ether oxygens (including phenoxy) is 1. The van der Waals surface area contributed by atoms with Crippen molar-refractivity contribution in [1.82, 2.24) is 24.7 Å². The molecule has 6 rings (SSSR count). The number of carbonyl (C=O) groups is 2. The number of anilines is 5. The van der Waals surface area contributed by atoms with Gasteiger partial charge < -0.3 is 29.7 Å². The molecule has 2 saturated heterocycles. The number of hydrogen-bond donors (Lipinski definition) is 1. The van der Waals surface area contributed by atoms with E-state index in [0.29, 0.717) is 46.1 Å². The van der Waals surface area contributed by atoms with Gasteiger partial charge in [0.05, 0.1) is 30.2 Å². The predicted octanol–water partition coefficient (Wildman–Crippen LogP) is 3.75. The number of benzene rings is 2. The second kappa shape index (κ2) is 11.8. The normalized spacial score (nSPS) is 18.3. The fraction of sp³-hybridized carbons (Fsp3) is 0.438. The molecule has 1 N–H and O–H groups in total. The number of likely N-dealkylation sites (N-methyl/N-ethyl adjacent to an activating group) is 1. The van der Waals surface area contributed by atoms with Crippen molar-refractivity contribution < 1.29 is 14.3 Å². The summed E-state index contributed by atoms with van der Waals surface area (Å²) in [5, 5.41) is 3.26. The predicted molar refractivity (Wildman–Crippen MR) is 168 cm³/mol. The molecule has 2 aromatic carbocycles. The van der Waals surface area contributed by atoms with E-state index in [1.54, 1.807) is 31.3 Å². The Morgan fingerprint density at radius 1 is 0.977 bits per heavy atom. The summed E-state index contributed by atoms with van der Waals surface area (Å²) in [6.07, 6.45) is 3.65. The number of piperazine rings is 1. The number of rotatable bonds is 5. The molecular formula is C32H40N8O3. The number of carbonyl (C=O) groups excluding carboxylic acids is 2.